The summed E-state index contributed by atoms with van der Waals surface area (Å²) >= 11 is 0. The van der Waals surface area contributed by atoms with E-state index in [-0.39, 0.29) is 30.8 Å². The minimum Gasteiger partial charge on any atom is -0.385 e. The molecule has 0 aliphatic heterocycles. The van der Waals surface area contributed by atoms with E-state index in [2.05, 4.69) is 10.4 Å². The Balaban J connectivity index is 2.40. The van der Waals surface area contributed by atoms with Gasteiger partial charge in [0.05, 0.1) is 13.1 Å². The lowest BCUT2D eigenvalue weighted by molar-refractivity contribution is -0.141. The van der Waals surface area contributed by atoms with Gasteiger partial charge in [0.2, 0.25) is 17.7 Å². The molecular weight excluding hydrogens is 326 g/mol. The van der Waals surface area contributed by atoms with Gasteiger partial charge in [-0.25, -0.2) is 0 Å². The number of hydrogen-bond donors (Lipinski definition) is 1. The summed E-state index contributed by atoms with van der Waals surface area (Å²) in [6.07, 6.45) is 3.99. The number of nitrogens with one attached hydrogen (secondary N) is 1. The Bertz CT molecular complexity index is 561. The van der Waals surface area contributed by atoms with Gasteiger partial charge in [-0.05, 0) is 19.4 Å². The monoisotopic (exact) mass is 353 g/mol. The summed E-state index contributed by atoms with van der Waals surface area (Å²) in [7, 11) is 4.69. The summed E-state index contributed by atoms with van der Waals surface area (Å²) in [6.45, 7) is 2.62. The summed E-state index contributed by atoms with van der Waals surface area (Å²) < 4.78 is 6.42. The summed E-state index contributed by atoms with van der Waals surface area (Å²) in [5.41, 5.74) is 0. The highest BCUT2D eigenvalue weighted by Gasteiger charge is 2.23. The van der Waals surface area contributed by atoms with Crippen LogP contribution in [0.5, 0.6) is 0 Å². The van der Waals surface area contributed by atoms with Crippen molar-refractivity contribution >= 4 is 17.7 Å². The predicted octanol–water partition coefficient (Wildman–Crippen LogP) is -0.486. The second kappa shape index (κ2) is 10.4. The molecule has 0 bridgehead atoms. The van der Waals surface area contributed by atoms with Crippen molar-refractivity contribution in [2.24, 2.45) is 0 Å². The number of hydrogen-bond acceptors (Lipinski definition) is 5. The third kappa shape index (κ3) is 6.92. The Morgan fingerprint density at radius 3 is 2.56 bits per heavy atom. The lowest BCUT2D eigenvalue weighted by atomic mass is 10.3. The van der Waals surface area contributed by atoms with Crippen LogP contribution >= 0.6 is 0 Å². The molecule has 1 heterocycles. The summed E-state index contributed by atoms with van der Waals surface area (Å²) in [6, 6.07) is 1.23. The van der Waals surface area contributed by atoms with E-state index in [4.69, 9.17) is 4.74 Å². The maximum Gasteiger partial charge on any atom is 0.247 e. The molecule has 9 nitrogen and oxygen atoms in total. The Morgan fingerprint density at radius 1 is 1.24 bits per heavy atom. The van der Waals surface area contributed by atoms with Crippen LogP contribution in [-0.2, 0) is 19.1 Å². The highest BCUT2D eigenvalue weighted by atomic mass is 16.5. The summed E-state index contributed by atoms with van der Waals surface area (Å²) in [5.74, 6) is -0.782. The maximum absolute atomic E-state index is 12.3. The molecule has 1 N–H and O–H groups in total. The topological polar surface area (TPSA) is 96.8 Å². The smallest absolute Gasteiger partial charge is 0.247 e. The van der Waals surface area contributed by atoms with Crippen molar-refractivity contribution in [1.29, 1.82) is 0 Å². The maximum atomic E-state index is 12.3. The number of carbonyl (C=O) groups excluding carboxylic acids is 3. The van der Waals surface area contributed by atoms with Gasteiger partial charge in [-0.15, -0.1) is 0 Å². The highest BCUT2D eigenvalue weighted by molar-refractivity contribution is 5.88. The SMILES string of the molecule is COCCCNC(=O)CN(C)C(=O)CN(C)C(=O)[C@H](C)n1cccn1. The first-order valence-corrected chi connectivity index (χ1v) is 8.10. The first kappa shape index (κ1) is 20.6. The third-order valence-corrected chi connectivity index (χ3v) is 3.68. The molecule has 0 radical (unpaired) electrons. The zero-order valence-corrected chi connectivity index (χ0v) is 15.3. The van der Waals surface area contributed by atoms with E-state index >= 15 is 0 Å². The minimum atomic E-state index is -0.498. The summed E-state index contributed by atoms with van der Waals surface area (Å²) in [5, 5.41) is 6.74. The van der Waals surface area contributed by atoms with Gasteiger partial charge in [0.1, 0.15) is 6.04 Å². The van der Waals surface area contributed by atoms with Crippen molar-refractivity contribution in [1.82, 2.24) is 24.9 Å². The van der Waals surface area contributed by atoms with Gasteiger partial charge in [0.25, 0.3) is 0 Å². The lowest BCUT2D eigenvalue weighted by Crippen LogP contribution is -2.45. The van der Waals surface area contributed by atoms with E-state index < -0.39 is 6.04 Å². The van der Waals surface area contributed by atoms with Crippen LogP contribution < -0.4 is 5.32 Å². The fourth-order valence-corrected chi connectivity index (χ4v) is 2.15. The second-order valence-corrected chi connectivity index (χ2v) is 5.80. The normalized spacial score (nSPS) is 11.7. The van der Waals surface area contributed by atoms with E-state index in [1.807, 2.05) is 0 Å². The van der Waals surface area contributed by atoms with E-state index in [0.29, 0.717) is 19.6 Å². The largest absolute Gasteiger partial charge is 0.385 e. The number of ether oxygens (including phenoxy) is 1. The molecule has 0 unspecified atom stereocenters. The van der Waals surface area contributed by atoms with Gasteiger partial charge in [0, 0.05) is 46.8 Å². The van der Waals surface area contributed by atoms with Crippen molar-refractivity contribution in [3.63, 3.8) is 0 Å². The molecule has 1 aromatic rings. The van der Waals surface area contributed by atoms with Crippen molar-refractivity contribution in [3.05, 3.63) is 18.5 Å². The van der Waals surface area contributed by atoms with E-state index in [1.165, 1.54) is 21.5 Å². The number of likely N-dealkylation sites (N-methyl/N-ethyl adjacent to an activating group) is 2. The molecule has 140 valence electrons. The van der Waals surface area contributed by atoms with Gasteiger partial charge >= 0.3 is 0 Å². The average molecular weight is 353 g/mol. The highest BCUT2D eigenvalue weighted by Crippen LogP contribution is 2.07. The zero-order chi connectivity index (χ0) is 18.8. The molecule has 0 aliphatic carbocycles. The van der Waals surface area contributed by atoms with Crippen LogP contribution in [0.15, 0.2) is 18.5 Å². The van der Waals surface area contributed by atoms with Crippen molar-refractivity contribution in [2.75, 3.05) is 47.4 Å². The van der Waals surface area contributed by atoms with Crippen LogP contribution in [-0.4, -0.2) is 84.7 Å². The molecule has 0 saturated carbocycles. The first-order valence-electron chi connectivity index (χ1n) is 8.10. The Kier molecular flexibility index (Phi) is 8.62. The fourth-order valence-electron chi connectivity index (χ4n) is 2.15. The van der Waals surface area contributed by atoms with E-state index in [1.54, 1.807) is 39.5 Å². The van der Waals surface area contributed by atoms with Crippen LogP contribution in [0.25, 0.3) is 0 Å². The van der Waals surface area contributed by atoms with Crippen molar-refractivity contribution in [3.8, 4) is 0 Å². The molecular formula is C16H27N5O4. The first-order chi connectivity index (χ1) is 11.9. The average Bonchev–Trinajstić information content (AvgIpc) is 3.11. The third-order valence-electron chi connectivity index (χ3n) is 3.68. The molecule has 0 aromatic carbocycles. The number of aromatic nitrogens is 2. The quantitative estimate of drug-likeness (QED) is 0.573. The number of nitrogens with zero attached hydrogens (tertiary/aromatic N) is 4. The number of methoxy groups -OCH3 is 1. The molecule has 0 aliphatic rings. The number of rotatable bonds is 10. The molecule has 0 spiro atoms. The molecule has 1 aromatic heterocycles. The van der Waals surface area contributed by atoms with Gasteiger partial charge in [-0.2, -0.15) is 5.10 Å². The van der Waals surface area contributed by atoms with Crippen LogP contribution in [0, 0.1) is 0 Å². The second-order valence-electron chi connectivity index (χ2n) is 5.80. The molecule has 0 fully saturated rings. The van der Waals surface area contributed by atoms with Crippen LogP contribution in [0.3, 0.4) is 0 Å². The Labute approximate surface area is 147 Å². The molecule has 9 heteroatoms. The summed E-state index contributed by atoms with van der Waals surface area (Å²) in [4.78, 5) is 38.9. The van der Waals surface area contributed by atoms with Crippen LogP contribution in [0.4, 0.5) is 0 Å². The van der Waals surface area contributed by atoms with Crippen LogP contribution in [0.2, 0.25) is 0 Å². The predicted molar refractivity (Wildman–Crippen MR) is 91.7 cm³/mol. The van der Waals surface area contributed by atoms with Crippen molar-refractivity contribution < 1.29 is 19.1 Å². The number of amides is 3. The van der Waals surface area contributed by atoms with Gasteiger partial charge < -0.3 is 19.9 Å². The number of carbonyl (C=O) groups is 3. The molecule has 0 saturated heterocycles. The lowest BCUT2D eigenvalue weighted by Gasteiger charge is -2.24. The van der Waals surface area contributed by atoms with Crippen LogP contribution in [0.1, 0.15) is 19.4 Å². The molecule has 1 rings (SSSR count). The molecule has 25 heavy (non-hydrogen) atoms. The molecule has 3 amide bonds. The minimum absolute atomic E-state index is 0.0530. The van der Waals surface area contributed by atoms with E-state index in [9.17, 15) is 14.4 Å². The Hall–Kier alpha value is -2.42. The van der Waals surface area contributed by atoms with Gasteiger partial charge in [-0.3, -0.25) is 19.1 Å². The van der Waals surface area contributed by atoms with Crippen molar-refractivity contribution in [2.45, 2.75) is 19.4 Å². The van der Waals surface area contributed by atoms with E-state index in [0.717, 1.165) is 0 Å². The Morgan fingerprint density at radius 2 is 1.96 bits per heavy atom. The standard InChI is InChI=1S/C16H27N5O4/c1-13(21-9-5-8-18-21)16(24)20(3)12-15(23)19(2)11-14(22)17-7-6-10-25-4/h5,8-9,13H,6-7,10-12H2,1-4H3,(H,17,22)/t13-/m0/s1. The zero-order valence-electron chi connectivity index (χ0n) is 15.3. The fraction of sp³-hybridized carbons (Fsp3) is 0.625. The molecule has 1 atom stereocenters. The van der Waals surface area contributed by atoms with Gasteiger partial charge in [0.15, 0.2) is 0 Å². The van der Waals surface area contributed by atoms with Gasteiger partial charge in [-0.1, -0.05) is 0 Å².